The Morgan fingerprint density at radius 1 is 1.25 bits per heavy atom. The predicted molar refractivity (Wildman–Crippen MR) is 64.7 cm³/mol. The summed E-state index contributed by atoms with van der Waals surface area (Å²) in [5.74, 6) is 0.617. The first-order valence-corrected chi connectivity index (χ1v) is 7.86. The molecule has 0 aromatic rings. The van der Waals surface area contributed by atoms with Gasteiger partial charge in [0.1, 0.15) is 0 Å². The van der Waals surface area contributed by atoms with E-state index in [2.05, 4.69) is 4.72 Å². The molecule has 0 unspecified atom stereocenters. The van der Waals surface area contributed by atoms with Gasteiger partial charge < -0.3 is 0 Å². The molecule has 0 radical (unpaired) electrons. The van der Waals surface area contributed by atoms with Gasteiger partial charge in [-0.1, -0.05) is 0 Å². The Bertz CT molecular complexity index is 335. The maximum atomic E-state index is 11.9. The highest BCUT2D eigenvalue weighted by Gasteiger charge is 2.42. The summed E-state index contributed by atoms with van der Waals surface area (Å²) in [6, 6.07) is 0. The lowest BCUT2D eigenvalue weighted by molar-refractivity contribution is 0.436. The van der Waals surface area contributed by atoms with Crippen molar-refractivity contribution in [3.8, 4) is 0 Å². The van der Waals surface area contributed by atoms with Crippen LogP contribution in [0.4, 0.5) is 0 Å². The molecule has 1 aliphatic carbocycles. The van der Waals surface area contributed by atoms with Crippen molar-refractivity contribution in [3.05, 3.63) is 0 Å². The van der Waals surface area contributed by atoms with E-state index in [0.29, 0.717) is 25.5 Å². The minimum absolute atomic E-state index is 0.161. The third-order valence-electron chi connectivity index (χ3n) is 3.62. The van der Waals surface area contributed by atoms with E-state index < -0.39 is 10.2 Å². The normalized spacial score (nSPS) is 24.8. The zero-order valence-corrected chi connectivity index (χ0v) is 11.0. The van der Waals surface area contributed by atoms with Crippen molar-refractivity contribution in [2.45, 2.75) is 32.1 Å². The van der Waals surface area contributed by atoms with Crippen molar-refractivity contribution in [2.75, 3.05) is 25.5 Å². The van der Waals surface area contributed by atoms with Gasteiger partial charge in [0.15, 0.2) is 0 Å². The Balaban J connectivity index is 1.84. The molecule has 0 bridgehead atoms. The molecule has 1 heterocycles. The lowest BCUT2D eigenvalue weighted by Crippen LogP contribution is -2.41. The maximum Gasteiger partial charge on any atom is 0.279 e. The van der Waals surface area contributed by atoms with Crippen LogP contribution < -0.4 is 4.72 Å². The van der Waals surface area contributed by atoms with Crippen LogP contribution in [0.5, 0.6) is 0 Å². The largest absolute Gasteiger partial charge is 0.279 e. The van der Waals surface area contributed by atoms with Gasteiger partial charge in [0, 0.05) is 25.5 Å². The lowest BCUT2D eigenvalue weighted by atomic mass is 10.1. The molecule has 2 aliphatic rings. The lowest BCUT2D eigenvalue weighted by Gasteiger charge is -2.19. The molecule has 2 fully saturated rings. The second kappa shape index (κ2) is 4.80. The van der Waals surface area contributed by atoms with Crippen LogP contribution in [0.3, 0.4) is 0 Å². The number of rotatable bonds is 6. The van der Waals surface area contributed by atoms with E-state index in [1.54, 1.807) is 4.31 Å². The molecule has 1 aliphatic heterocycles. The highest BCUT2D eigenvalue weighted by Crippen LogP contribution is 2.48. The molecule has 16 heavy (non-hydrogen) atoms. The van der Waals surface area contributed by atoms with Gasteiger partial charge >= 0.3 is 0 Å². The summed E-state index contributed by atoms with van der Waals surface area (Å²) in [5, 5.41) is 0. The third kappa shape index (κ3) is 2.88. The van der Waals surface area contributed by atoms with Crippen LogP contribution in [0.1, 0.15) is 32.1 Å². The highest BCUT2D eigenvalue weighted by atomic mass is 35.5. The van der Waals surface area contributed by atoms with Gasteiger partial charge in [-0.15, -0.1) is 11.6 Å². The van der Waals surface area contributed by atoms with Gasteiger partial charge in [0.2, 0.25) is 0 Å². The second-order valence-corrected chi connectivity index (χ2v) is 7.00. The SMILES string of the molecule is O=S(=O)(NCC1(CCCl)CC1)N1CCCC1. The summed E-state index contributed by atoms with van der Waals surface area (Å²) < 4.78 is 28.1. The Hall–Kier alpha value is 0.160. The van der Waals surface area contributed by atoms with Crippen molar-refractivity contribution < 1.29 is 8.42 Å². The molecule has 0 atom stereocenters. The first kappa shape index (κ1) is 12.6. The second-order valence-electron chi connectivity index (χ2n) is 4.87. The van der Waals surface area contributed by atoms with Crippen LogP contribution in [0, 0.1) is 5.41 Å². The van der Waals surface area contributed by atoms with Crippen molar-refractivity contribution in [2.24, 2.45) is 5.41 Å². The third-order valence-corrected chi connectivity index (χ3v) is 5.36. The Morgan fingerprint density at radius 3 is 2.38 bits per heavy atom. The highest BCUT2D eigenvalue weighted by molar-refractivity contribution is 7.87. The molecular formula is C10H19ClN2O2S. The zero-order chi connectivity index (χ0) is 11.6. The molecule has 0 aromatic heterocycles. The summed E-state index contributed by atoms with van der Waals surface area (Å²) in [4.78, 5) is 0. The summed E-state index contributed by atoms with van der Waals surface area (Å²) in [7, 11) is -3.23. The van der Waals surface area contributed by atoms with E-state index in [1.165, 1.54) is 0 Å². The number of hydrogen-bond acceptors (Lipinski definition) is 2. The molecule has 94 valence electrons. The fourth-order valence-corrected chi connectivity index (χ4v) is 3.97. The van der Waals surface area contributed by atoms with Crippen molar-refractivity contribution in [3.63, 3.8) is 0 Å². The number of nitrogens with one attached hydrogen (secondary N) is 1. The maximum absolute atomic E-state index is 11.9. The van der Waals surface area contributed by atoms with Gasteiger partial charge in [0.05, 0.1) is 0 Å². The minimum Gasteiger partial charge on any atom is -0.202 e. The number of alkyl halides is 1. The molecule has 1 N–H and O–H groups in total. The Kier molecular flexibility index (Phi) is 3.79. The molecule has 0 amide bonds. The average Bonchev–Trinajstić information content (AvgIpc) is 2.81. The zero-order valence-electron chi connectivity index (χ0n) is 9.41. The quantitative estimate of drug-likeness (QED) is 0.738. The molecule has 0 aromatic carbocycles. The Labute approximate surface area is 103 Å². The van der Waals surface area contributed by atoms with Crippen molar-refractivity contribution in [1.29, 1.82) is 0 Å². The van der Waals surface area contributed by atoms with Crippen molar-refractivity contribution in [1.82, 2.24) is 9.03 Å². The number of nitrogens with zero attached hydrogens (tertiary/aromatic N) is 1. The predicted octanol–water partition coefficient (Wildman–Crippen LogP) is 1.33. The molecule has 2 rings (SSSR count). The molecule has 1 saturated heterocycles. The van der Waals surface area contributed by atoms with Crippen LogP contribution >= 0.6 is 11.6 Å². The van der Waals surface area contributed by atoms with Gasteiger partial charge in [-0.3, -0.25) is 0 Å². The standard InChI is InChI=1S/C10H19ClN2O2S/c11-6-5-10(3-4-10)9-12-16(14,15)13-7-1-2-8-13/h12H,1-9H2. The Morgan fingerprint density at radius 2 is 1.88 bits per heavy atom. The fraction of sp³-hybridized carbons (Fsp3) is 1.00. The first-order valence-electron chi connectivity index (χ1n) is 5.89. The topological polar surface area (TPSA) is 49.4 Å². The van der Waals surface area contributed by atoms with Gasteiger partial charge in [-0.25, -0.2) is 4.72 Å². The van der Waals surface area contributed by atoms with E-state index >= 15 is 0 Å². The van der Waals surface area contributed by atoms with Crippen LogP contribution in [-0.4, -0.2) is 38.2 Å². The summed E-state index contributed by atoms with van der Waals surface area (Å²) in [6.45, 7) is 1.88. The fourth-order valence-electron chi connectivity index (χ4n) is 2.16. The first-order chi connectivity index (χ1) is 7.58. The van der Waals surface area contributed by atoms with Gasteiger partial charge in [-0.05, 0) is 37.5 Å². The van der Waals surface area contributed by atoms with E-state index in [9.17, 15) is 8.42 Å². The summed E-state index contributed by atoms with van der Waals surface area (Å²) >= 11 is 5.72. The molecule has 6 heteroatoms. The van der Waals surface area contributed by atoms with Crippen LogP contribution in [0.2, 0.25) is 0 Å². The number of halogens is 1. The van der Waals surface area contributed by atoms with E-state index in [1.807, 2.05) is 0 Å². The van der Waals surface area contributed by atoms with E-state index in [-0.39, 0.29) is 5.41 Å². The van der Waals surface area contributed by atoms with Gasteiger partial charge in [-0.2, -0.15) is 12.7 Å². The smallest absolute Gasteiger partial charge is 0.202 e. The van der Waals surface area contributed by atoms with Crippen LogP contribution in [-0.2, 0) is 10.2 Å². The molecule has 1 saturated carbocycles. The molecular weight excluding hydrogens is 248 g/mol. The van der Waals surface area contributed by atoms with E-state index in [0.717, 1.165) is 32.1 Å². The summed E-state index contributed by atoms with van der Waals surface area (Å²) in [6.07, 6.45) is 5.07. The molecule has 4 nitrogen and oxygen atoms in total. The molecule has 0 spiro atoms. The average molecular weight is 267 g/mol. The van der Waals surface area contributed by atoms with Crippen LogP contribution in [0.25, 0.3) is 0 Å². The van der Waals surface area contributed by atoms with Gasteiger partial charge in [0.25, 0.3) is 10.2 Å². The monoisotopic (exact) mass is 266 g/mol. The summed E-state index contributed by atoms with van der Waals surface area (Å²) in [5.41, 5.74) is 0.161. The number of hydrogen-bond donors (Lipinski definition) is 1. The van der Waals surface area contributed by atoms with E-state index in [4.69, 9.17) is 11.6 Å². The van der Waals surface area contributed by atoms with Crippen molar-refractivity contribution >= 4 is 21.8 Å². The van der Waals surface area contributed by atoms with Crippen LogP contribution in [0.15, 0.2) is 0 Å². The minimum atomic E-state index is -3.23.